The van der Waals surface area contributed by atoms with Crippen molar-refractivity contribution in [1.29, 1.82) is 0 Å². The first-order valence-corrected chi connectivity index (χ1v) is 7.35. The molecule has 0 amide bonds. The zero-order chi connectivity index (χ0) is 13.3. The second kappa shape index (κ2) is 4.78. The molecule has 0 aliphatic heterocycles. The van der Waals surface area contributed by atoms with E-state index in [9.17, 15) is 8.42 Å². The van der Waals surface area contributed by atoms with E-state index in [-0.39, 0.29) is 4.90 Å². The van der Waals surface area contributed by atoms with Crippen molar-refractivity contribution in [2.24, 2.45) is 11.8 Å². The molecule has 1 aliphatic carbocycles. The van der Waals surface area contributed by atoms with Gasteiger partial charge in [-0.25, -0.2) is 13.1 Å². The Morgan fingerprint density at radius 2 is 2.17 bits per heavy atom. The van der Waals surface area contributed by atoms with E-state index in [1.165, 1.54) is 19.2 Å². The number of sulfonamides is 1. The monoisotopic (exact) mass is 270 g/mol. The van der Waals surface area contributed by atoms with Crippen LogP contribution in [0, 0.1) is 11.8 Å². The quantitative estimate of drug-likeness (QED) is 0.788. The van der Waals surface area contributed by atoms with Gasteiger partial charge in [-0.05, 0) is 36.5 Å². The SMILES string of the molecule is COc1ccc(S(=O)(=O)NCC2CC2C)cc1N. The van der Waals surface area contributed by atoms with Gasteiger partial charge in [0, 0.05) is 6.54 Å². The number of methoxy groups -OCH3 is 1. The molecule has 0 bridgehead atoms. The van der Waals surface area contributed by atoms with Crippen LogP contribution < -0.4 is 15.2 Å². The summed E-state index contributed by atoms with van der Waals surface area (Å²) in [4.78, 5) is 0.175. The Balaban J connectivity index is 2.11. The Hall–Kier alpha value is -1.27. The van der Waals surface area contributed by atoms with Crippen LogP contribution in [0.4, 0.5) is 5.69 Å². The molecule has 0 heterocycles. The Morgan fingerprint density at radius 1 is 1.50 bits per heavy atom. The van der Waals surface area contributed by atoms with Crippen LogP contribution in [0.15, 0.2) is 23.1 Å². The molecule has 0 saturated heterocycles. The number of nitrogens with two attached hydrogens (primary N) is 1. The van der Waals surface area contributed by atoms with E-state index in [0.717, 1.165) is 6.42 Å². The number of hydrogen-bond donors (Lipinski definition) is 2. The maximum absolute atomic E-state index is 12.0. The maximum atomic E-state index is 12.0. The lowest BCUT2D eigenvalue weighted by atomic mass is 10.3. The highest BCUT2D eigenvalue weighted by Crippen LogP contribution is 2.37. The molecule has 5 nitrogen and oxygen atoms in total. The molecule has 18 heavy (non-hydrogen) atoms. The van der Waals surface area contributed by atoms with Gasteiger partial charge in [-0.15, -0.1) is 0 Å². The summed E-state index contributed by atoms with van der Waals surface area (Å²) in [5.74, 6) is 1.56. The van der Waals surface area contributed by atoms with Crippen molar-refractivity contribution in [3.05, 3.63) is 18.2 Å². The zero-order valence-corrected chi connectivity index (χ0v) is 11.3. The molecule has 6 heteroatoms. The van der Waals surface area contributed by atoms with Crippen molar-refractivity contribution in [3.8, 4) is 5.75 Å². The van der Waals surface area contributed by atoms with Crippen molar-refractivity contribution < 1.29 is 13.2 Å². The minimum Gasteiger partial charge on any atom is -0.495 e. The van der Waals surface area contributed by atoms with Gasteiger partial charge in [0.05, 0.1) is 17.7 Å². The number of nitrogens with one attached hydrogen (secondary N) is 1. The highest BCUT2D eigenvalue weighted by Gasteiger charge is 2.33. The molecular formula is C12H18N2O3S. The van der Waals surface area contributed by atoms with Crippen molar-refractivity contribution in [2.45, 2.75) is 18.2 Å². The van der Waals surface area contributed by atoms with Crippen LogP contribution in [0.3, 0.4) is 0 Å². The van der Waals surface area contributed by atoms with Gasteiger partial charge in [-0.3, -0.25) is 0 Å². The Morgan fingerprint density at radius 3 is 2.67 bits per heavy atom. The molecule has 0 spiro atoms. The van der Waals surface area contributed by atoms with Crippen LogP contribution in [-0.4, -0.2) is 22.1 Å². The summed E-state index contributed by atoms with van der Waals surface area (Å²) in [6, 6.07) is 4.47. The molecule has 3 N–H and O–H groups in total. The van der Waals surface area contributed by atoms with E-state index in [1.54, 1.807) is 6.07 Å². The minimum atomic E-state index is -3.47. The Bertz CT molecular complexity index is 542. The minimum absolute atomic E-state index is 0.175. The average molecular weight is 270 g/mol. The molecule has 1 aromatic rings. The van der Waals surface area contributed by atoms with Crippen LogP contribution >= 0.6 is 0 Å². The summed E-state index contributed by atoms with van der Waals surface area (Å²) in [5.41, 5.74) is 6.02. The first-order valence-electron chi connectivity index (χ1n) is 5.87. The molecule has 0 aromatic heterocycles. The van der Waals surface area contributed by atoms with Gasteiger partial charge in [-0.2, -0.15) is 0 Å². The maximum Gasteiger partial charge on any atom is 0.240 e. The fourth-order valence-electron chi connectivity index (χ4n) is 1.86. The number of ether oxygens (including phenoxy) is 1. The Labute approximate surface area is 107 Å². The summed E-state index contributed by atoms with van der Waals surface area (Å²) in [6.45, 7) is 2.61. The largest absolute Gasteiger partial charge is 0.495 e. The average Bonchev–Trinajstić information content (AvgIpc) is 3.03. The first-order chi connectivity index (χ1) is 8.44. The van der Waals surface area contributed by atoms with Crippen LogP contribution in [0.2, 0.25) is 0 Å². The number of hydrogen-bond acceptors (Lipinski definition) is 4. The lowest BCUT2D eigenvalue weighted by Gasteiger charge is -2.09. The highest BCUT2D eigenvalue weighted by molar-refractivity contribution is 7.89. The molecule has 1 aliphatic rings. The van der Waals surface area contributed by atoms with Gasteiger partial charge in [0.25, 0.3) is 0 Å². The molecule has 2 unspecified atom stereocenters. The molecule has 0 radical (unpaired) electrons. The van der Waals surface area contributed by atoms with Gasteiger partial charge in [0.15, 0.2) is 0 Å². The number of nitrogen functional groups attached to an aromatic ring is 1. The smallest absolute Gasteiger partial charge is 0.240 e. The molecule has 2 rings (SSSR count). The molecular weight excluding hydrogens is 252 g/mol. The highest BCUT2D eigenvalue weighted by atomic mass is 32.2. The number of anilines is 1. The molecule has 100 valence electrons. The van der Waals surface area contributed by atoms with Gasteiger partial charge in [0.2, 0.25) is 10.0 Å². The second-order valence-corrected chi connectivity index (χ2v) is 6.50. The predicted molar refractivity (Wildman–Crippen MR) is 69.9 cm³/mol. The molecule has 1 aromatic carbocycles. The van der Waals surface area contributed by atoms with Crippen molar-refractivity contribution in [2.75, 3.05) is 19.4 Å². The third kappa shape index (κ3) is 2.76. The summed E-state index contributed by atoms with van der Waals surface area (Å²) in [7, 11) is -1.98. The zero-order valence-electron chi connectivity index (χ0n) is 10.5. The molecule has 2 atom stereocenters. The van der Waals surface area contributed by atoms with E-state index in [4.69, 9.17) is 10.5 Å². The summed E-state index contributed by atoms with van der Waals surface area (Å²) >= 11 is 0. The van der Waals surface area contributed by atoms with Crippen molar-refractivity contribution in [1.82, 2.24) is 4.72 Å². The Kier molecular flexibility index (Phi) is 3.49. The van der Waals surface area contributed by atoms with E-state index in [1.807, 2.05) is 0 Å². The van der Waals surface area contributed by atoms with Gasteiger partial charge < -0.3 is 10.5 Å². The fourth-order valence-corrected chi connectivity index (χ4v) is 2.99. The fraction of sp³-hybridized carbons (Fsp3) is 0.500. The third-order valence-electron chi connectivity index (χ3n) is 3.32. The van der Waals surface area contributed by atoms with E-state index in [2.05, 4.69) is 11.6 Å². The van der Waals surface area contributed by atoms with Crippen LogP contribution in [0.5, 0.6) is 5.75 Å². The molecule has 1 saturated carbocycles. The molecule has 1 fully saturated rings. The summed E-state index contributed by atoms with van der Waals surface area (Å²) in [5, 5.41) is 0. The van der Waals surface area contributed by atoms with Crippen LogP contribution in [-0.2, 0) is 10.0 Å². The van der Waals surface area contributed by atoms with Crippen LogP contribution in [0.25, 0.3) is 0 Å². The summed E-state index contributed by atoms with van der Waals surface area (Å²) < 4.78 is 31.6. The second-order valence-electron chi connectivity index (χ2n) is 4.73. The lowest BCUT2D eigenvalue weighted by molar-refractivity contribution is 0.416. The van der Waals surface area contributed by atoms with Crippen LogP contribution in [0.1, 0.15) is 13.3 Å². The first kappa shape index (κ1) is 13.2. The predicted octanol–water partition coefficient (Wildman–Crippen LogP) is 1.21. The van der Waals surface area contributed by atoms with Crippen molar-refractivity contribution in [3.63, 3.8) is 0 Å². The normalized spacial score (nSPS) is 22.8. The van der Waals surface area contributed by atoms with Gasteiger partial charge >= 0.3 is 0 Å². The number of rotatable bonds is 5. The lowest BCUT2D eigenvalue weighted by Crippen LogP contribution is -2.26. The topological polar surface area (TPSA) is 81.4 Å². The van der Waals surface area contributed by atoms with Gasteiger partial charge in [0.1, 0.15) is 5.75 Å². The van der Waals surface area contributed by atoms with E-state index in [0.29, 0.717) is 29.8 Å². The van der Waals surface area contributed by atoms with Gasteiger partial charge in [-0.1, -0.05) is 6.92 Å². The van der Waals surface area contributed by atoms with E-state index >= 15 is 0 Å². The van der Waals surface area contributed by atoms with Crippen molar-refractivity contribution >= 4 is 15.7 Å². The summed E-state index contributed by atoms with van der Waals surface area (Å²) in [6.07, 6.45) is 1.09. The third-order valence-corrected chi connectivity index (χ3v) is 4.74. The standard InChI is InChI=1S/C12H18N2O3S/c1-8-5-9(8)7-14-18(15,16)10-3-4-12(17-2)11(13)6-10/h3-4,6,8-9,14H,5,7,13H2,1-2H3. The van der Waals surface area contributed by atoms with E-state index < -0.39 is 10.0 Å². The number of benzene rings is 1.